The molecule has 9 heteroatoms. The van der Waals surface area contributed by atoms with E-state index < -0.39 is 11.8 Å². The standard InChI is InChI=1S/C33H23Cl2IN2O4/c1-41-26-13-17(12-25(36)31(26)42-16-18-10-11-19(34)14-24(18)35)15-37-38-32(39)29-27-20-6-2-3-7-21(20)28(30(29)33(38)40)23-9-5-4-8-22(23)27/h2-15,27-30H,16H2,1H3/b37-15-/t27?,28?,29-,30-/m1/s1. The van der Waals surface area contributed by atoms with E-state index in [0.29, 0.717) is 27.1 Å². The first kappa shape index (κ1) is 27.4. The summed E-state index contributed by atoms with van der Waals surface area (Å²) >= 11 is 14.5. The molecule has 8 rings (SSSR count). The van der Waals surface area contributed by atoms with Gasteiger partial charge in [-0.2, -0.15) is 10.1 Å². The normalized spacial score (nSPS) is 21.9. The highest BCUT2D eigenvalue weighted by molar-refractivity contribution is 14.1. The molecule has 4 aromatic rings. The van der Waals surface area contributed by atoms with Gasteiger partial charge < -0.3 is 9.47 Å². The number of amides is 2. The van der Waals surface area contributed by atoms with E-state index in [2.05, 4.69) is 52.0 Å². The van der Waals surface area contributed by atoms with Gasteiger partial charge >= 0.3 is 0 Å². The molecule has 0 radical (unpaired) electrons. The second kappa shape index (κ2) is 10.7. The summed E-state index contributed by atoms with van der Waals surface area (Å²) < 4.78 is 12.4. The van der Waals surface area contributed by atoms with Crippen LogP contribution in [0.2, 0.25) is 10.0 Å². The van der Waals surface area contributed by atoms with E-state index in [1.54, 1.807) is 25.3 Å². The maximum Gasteiger partial charge on any atom is 0.254 e. The van der Waals surface area contributed by atoms with Crippen LogP contribution in [0.25, 0.3) is 0 Å². The predicted molar refractivity (Wildman–Crippen MR) is 170 cm³/mol. The Morgan fingerprint density at radius 2 is 1.43 bits per heavy atom. The van der Waals surface area contributed by atoms with E-state index in [1.807, 2.05) is 36.4 Å². The van der Waals surface area contributed by atoms with E-state index in [9.17, 15) is 9.59 Å². The van der Waals surface area contributed by atoms with Crippen molar-refractivity contribution in [2.75, 3.05) is 7.11 Å². The average Bonchev–Trinajstić information content (AvgIpc) is 3.25. The van der Waals surface area contributed by atoms with E-state index in [1.165, 1.54) is 6.21 Å². The van der Waals surface area contributed by atoms with Crippen LogP contribution in [0.5, 0.6) is 11.5 Å². The molecule has 2 atom stereocenters. The Hall–Kier alpha value is -3.40. The van der Waals surface area contributed by atoms with Gasteiger partial charge in [-0.3, -0.25) is 9.59 Å². The maximum absolute atomic E-state index is 13.8. The fourth-order valence-electron chi connectivity index (χ4n) is 6.64. The smallest absolute Gasteiger partial charge is 0.254 e. The summed E-state index contributed by atoms with van der Waals surface area (Å²) in [6.45, 7) is 0.225. The summed E-state index contributed by atoms with van der Waals surface area (Å²) in [4.78, 5) is 27.6. The number of halogens is 3. The van der Waals surface area contributed by atoms with Crippen LogP contribution in [0.1, 0.15) is 45.2 Å². The molecule has 2 bridgehead atoms. The van der Waals surface area contributed by atoms with E-state index >= 15 is 0 Å². The number of ether oxygens (including phenoxy) is 2. The summed E-state index contributed by atoms with van der Waals surface area (Å²) in [6, 6.07) is 25.2. The Kier molecular flexibility index (Phi) is 6.99. The number of benzene rings is 4. The Bertz CT molecular complexity index is 1690. The summed E-state index contributed by atoms with van der Waals surface area (Å²) in [5.41, 5.74) is 5.97. The molecule has 0 saturated carbocycles. The molecule has 0 spiro atoms. The number of hydrazone groups is 1. The zero-order valence-electron chi connectivity index (χ0n) is 22.3. The lowest BCUT2D eigenvalue weighted by molar-refractivity contribution is -0.139. The average molecular weight is 709 g/mol. The van der Waals surface area contributed by atoms with Gasteiger partial charge in [-0.25, -0.2) is 0 Å². The van der Waals surface area contributed by atoms with Crippen molar-refractivity contribution in [1.29, 1.82) is 0 Å². The number of nitrogens with zero attached hydrogens (tertiary/aromatic N) is 2. The fraction of sp³-hybridized carbons (Fsp3) is 0.182. The van der Waals surface area contributed by atoms with Crippen LogP contribution < -0.4 is 9.47 Å². The Morgan fingerprint density at radius 1 is 0.857 bits per heavy atom. The third-order valence-corrected chi connectivity index (χ3v) is 9.77. The summed E-state index contributed by atoms with van der Waals surface area (Å²) in [5.74, 6) is -0.781. The van der Waals surface area contributed by atoms with Crippen LogP contribution >= 0.6 is 45.8 Å². The quantitative estimate of drug-likeness (QED) is 0.119. The lowest BCUT2D eigenvalue weighted by atomic mass is 9.55. The van der Waals surface area contributed by atoms with Crippen molar-refractivity contribution in [2.24, 2.45) is 16.9 Å². The number of hydrogen-bond acceptors (Lipinski definition) is 5. The monoisotopic (exact) mass is 708 g/mol. The molecule has 2 amide bonds. The molecule has 42 heavy (non-hydrogen) atoms. The first-order valence-electron chi connectivity index (χ1n) is 13.4. The van der Waals surface area contributed by atoms with Crippen molar-refractivity contribution in [3.63, 3.8) is 0 Å². The van der Waals surface area contributed by atoms with Gasteiger partial charge in [-0.1, -0.05) is 77.8 Å². The highest BCUT2D eigenvalue weighted by Crippen LogP contribution is 2.61. The minimum atomic E-state index is -0.477. The molecule has 3 aliphatic carbocycles. The van der Waals surface area contributed by atoms with E-state index in [0.717, 1.165) is 36.4 Å². The number of rotatable bonds is 6. The Labute approximate surface area is 266 Å². The van der Waals surface area contributed by atoms with Gasteiger partial charge in [0.1, 0.15) is 6.61 Å². The van der Waals surface area contributed by atoms with Crippen LogP contribution in [0.4, 0.5) is 0 Å². The highest BCUT2D eigenvalue weighted by Gasteiger charge is 2.61. The summed E-state index contributed by atoms with van der Waals surface area (Å²) in [5, 5.41) is 6.58. The van der Waals surface area contributed by atoms with Crippen LogP contribution in [0, 0.1) is 15.4 Å². The second-order valence-electron chi connectivity index (χ2n) is 10.6. The van der Waals surface area contributed by atoms with E-state index in [-0.39, 0.29) is 30.3 Å². The molecular weight excluding hydrogens is 686 g/mol. The molecule has 1 heterocycles. The lowest BCUT2D eigenvalue weighted by Gasteiger charge is -2.45. The predicted octanol–water partition coefficient (Wildman–Crippen LogP) is 7.41. The Balaban J connectivity index is 1.17. The second-order valence-corrected chi connectivity index (χ2v) is 12.6. The topological polar surface area (TPSA) is 68.2 Å². The number of carbonyl (C=O) groups is 2. The molecule has 1 saturated heterocycles. The molecule has 6 nitrogen and oxygen atoms in total. The molecule has 0 aromatic heterocycles. The van der Waals surface area contributed by atoms with Crippen LogP contribution in [-0.4, -0.2) is 30.1 Å². The first-order valence-corrected chi connectivity index (χ1v) is 15.2. The number of methoxy groups -OCH3 is 1. The number of carbonyl (C=O) groups excluding carboxylic acids is 2. The van der Waals surface area contributed by atoms with Gasteiger partial charge in [0.05, 0.1) is 28.7 Å². The van der Waals surface area contributed by atoms with Crippen molar-refractivity contribution in [2.45, 2.75) is 18.4 Å². The molecule has 1 aliphatic heterocycles. The molecule has 210 valence electrons. The molecule has 1 fully saturated rings. The van der Waals surface area contributed by atoms with Gasteiger partial charge in [-0.15, -0.1) is 0 Å². The number of hydrogen-bond donors (Lipinski definition) is 0. The lowest BCUT2D eigenvalue weighted by Crippen LogP contribution is -2.41. The molecular formula is C33H23Cl2IN2O4. The third kappa shape index (κ3) is 4.32. The first-order chi connectivity index (χ1) is 20.4. The minimum absolute atomic E-state index is 0.171. The van der Waals surface area contributed by atoms with Gasteiger partial charge in [0.2, 0.25) is 0 Å². The zero-order chi connectivity index (χ0) is 29.1. The SMILES string of the molecule is COc1cc(/C=N\N2C(=O)[C@@H]3C4c5ccccc5C(c5ccccc54)[C@H]3C2=O)cc(I)c1OCc1ccc(Cl)cc1Cl. The third-order valence-electron chi connectivity index (χ3n) is 8.39. The molecule has 4 aliphatic rings. The van der Waals surface area contributed by atoms with Crippen LogP contribution in [-0.2, 0) is 16.2 Å². The molecule has 4 aromatic carbocycles. The molecule has 0 N–H and O–H groups in total. The van der Waals surface area contributed by atoms with Gasteiger partial charge in [0, 0.05) is 27.4 Å². The van der Waals surface area contributed by atoms with Crippen molar-refractivity contribution >= 4 is 63.8 Å². The number of imide groups is 1. The van der Waals surface area contributed by atoms with Gasteiger partial charge in [0.25, 0.3) is 11.8 Å². The highest BCUT2D eigenvalue weighted by atomic mass is 127. The fourth-order valence-corrected chi connectivity index (χ4v) is 7.89. The van der Waals surface area contributed by atoms with Crippen molar-refractivity contribution in [3.8, 4) is 11.5 Å². The van der Waals surface area contributed by atoms with Gasteiger partial charge in [-0.05, 0) is 74.7 Å². The molecule has 0 unspecified atom stereocenters. The van der Waals surface area contributed by atoms with Crippen LogP contribution in [0.3, 0.4) is 0 Å². The largest absolute Gasteiger partial charge is 0.493 e. The Morgan fingerprint density at radius 3 is 1.95 bits per heavy atom. The van der Waals surface area contributed by atoms with Gasteiger partial charge in [0.15, 0.2) is 11.5 Å². The van der Waals surface area contributed by atoms with E-state index in [4.69, 9.17) is 32.7 Å². The maximum atomic E-state index is 13.8. The van der Waals surface area contributed by atoms with Crippen molar-refractivity contribution in [1.82, 2.24) is 5.01 Å². The minimum Gasteiger partial charge on any atom is -0.493 e. The van der Waals surface area contributed by atoms with Crippen molar-refractivity contribution < 1.29 is 19.1 Å². The summed E-state index contributed by atoms with van der Waals surface area (Å²) in [7, 11) is 1.55. The van der Waals surface area contributed by atoms with Crippen LogP contribution in [0.15, 0.2) is 84.0 Å². The van der Waals surface area contributed by atoms with Crippen molar-refractivity contribution in [3.05, 3.63) is 126 Å². The zero-order valence-corrected chi connectivity index (χ0v) is 25.9. The summed E-state index contributed by atoms with van der Waals surface area (Å²) in [6.07, 6.45) is 1.53.